The van der Waals surface area contributed by atoms with E-state index in [-0.39, 0.29) is 12.2 Å². The molecule has 96 valence electrons. The van der Waals surface area contributed by atoms with Crippen molar-refractivity contribution in [3.63, 3.8) is 0 Å². The molecule has 0 fully saturated rings. The lowest BCUT2D eigenvalue weighted by atomic mass is 10.3. The molecule has 1 rings (SSSR count). The van der Waals surface area contributed by atoms with Crippen LogP contribution in [0.1, 0.15) is 16.9 Å². The standard InChI is InChI=1S/C10H14F3N3O/c1-15(4-3-10(11,12)13)9(17)8-5-7(14)6-16(8)2/h5-6H,3-4,14H2,1-2H3. The van der Waals surface area contributed by atoms with Crippen LogP contribution in [0.4, 0.5) is 18.9 Å². The van der Waals surface area contributed by atoms with Gasteiger partial charge in [-0.15, -0.1) is 0 Å². The van der Waals surface area contributed by atoms with Crippen LogP contribution in [-0.4, -0.2) is 35.1 Å². The Morgan fingerprint density at radius 2 is 2.12 bits per heavy atom. The van der Waals surface area contributed by atoms with Gasteiger partial charge in [0.15, 0.2) is 0 Å². The third kappa shape index (κ3) is 3.69. The van der Waals surface area contributed by atoms with Crippen LogP contribution in [0.2, 0.25) is 0 Å². The molecule has 0 aromatic carbocycles. The fourth-order valence-corrected chi connectivity index (χ4v) is 1.39. The molecule has 0 saturated carbocycles. The van der Waals surface area contributed by atoms with Crippen molar-refractivity contribution in [2.45, 2.75) is 12.6 Å². The summed E-state index contributed by atoms with van der Waals surface area (Å²) in [6.45, 7) is -0.368. The number of nitrogen functional groups attached to an aromatic ring is 1. The van der Waals surface area contributed by atoms with E-state index in [0.717, 1.165) is 4.90 Å². The van der Waals surface area contributed by atoms with Gasteiger partial charge in [-0.3, -0.25) is 4.79 Å². The van der Waals surface area contributed by atoms with E-state index >= 15 is 0 Å². The number of carbonyl (C=O) groups is 1. The summed E-state index contributed by atoms with van der Waals surface area (Å²) in [5.74, 6) is -0.478. The lowest BCUT2D eigenvalue weighted by Gasteiger charge is -2.18. The number of aryl methyl sites for hydroxylation is 1. The summed E-state index contributed by atoms with van der Waals surface area (Å²) in [6.07, 6.45) is -3.75. The SMILES string of the molecule is CN(CCC(F)(F)F)C(=O)c1cc(N)cn1C. The third-order valence-corrected chi connectivity index (χ3v) is 2.32. The Hall–Kier alpha value is -1.66. The van der Waals surface area contributed by atoms with Crippen molar-refractivity contribution in [2.24, 2.45) is 7.05 Å². The van der Waals surface area contributed by atoms with Crippen molar-refractivity contribution in [1.82, 2.24) is 9.47 Å². The molecule has 0 saturated heterocycles. The molecule has 0 radical (unpaired) electrons. The number of carbonyl (C=O) groups excluding carboxylic acids is 1. The lowest BCUT2D eigenvalue weighted by molar-refractivity contribution is -0.136. The molecule has 4 nitrogen and oxygen atoms in total. The van der Waals surface area contributed by atoms with Gasteiger partial charge in [0.2, 0.25) is 0 Å². The van der Waals surface area contributed by atoms with E-state index in [2.05, 4.69) is 0 Å². The Balaban J connectivity index is 2.67. The van der Waals surface area contributed by atoms with Gasteiger partial charge in [-0.05, 0) is 6.07 Å². The van der Waals surface area contributed by atoms with Crippen molar-refractivity contribution in [1.29, 1.82) is 0 Å². The van der Waals surface area contributed by atoms with Crippen LogP contribution in [0.5, 0.6) is 0 Å². The topological polar surface area (TPSA) is 51.3 Å². The summed E-state index contributed by atoms with van der Waals surface area (Å²) in [6, 6.07) is 1.44. The quantitative estimate of drug-likeness (QED) is 0.885. The molecule has 0 bridgehead atoms. The van der Waals surface area contributed by atoms with Crippen LogP contribution in [-0.2, 0) is 7.05 Å². The second-order valence-corrected chi connectivity index (χ2v) is 3.86. The molecule has 0 aliphatic rings. The molecule has 0 aliphatic carbocycles. The number of nitrogens with two attached hydrogens (primary N) is 1. The zero-order valence-corrected chi connectivity index (χ0v) is 9.58. The molecule has 0 atom stereocenters. The first-order valence-corrected chi connectivity index (χ1v) is 4.95. The molecule has 1 heterocycles. The van der Waals surface area contributed by atoms with Gasteiger partial charge in [0.1, 0.15) is 5.69 Å². The molecule has 0 spiro atoms. The summed E-state index contributed by atoms with van der Waals surface area (Å²) in [4.78, 5) is 12.8. The number of anilines is 1. The lowest BCUT2D eigenvalue weighted by Crippen LogP contribution is -2.31. The molecule has 1 aromatic rings. The van der Waals surface area contributed by atoms with E-state index in [4.69, 9.17) is 5.73 Å². The Bertz CT molecular complexity index is 411. The monoisotopic (exact) mass is 249 g/mol. The molecule has 1 aromatic heterocycles. The van der Waals surface area contributed by atoms with Gasteiger partial charge < -0.3 is 15.2 Å². The summed E-state index contributed by atoms with van der Waals surface area (Å²) in [7, 11) is 2.94. The normalized spacial score (nSPS) is 11.6. The van der Waals surface area contributed by atoms with Gasteiger partial charge in [0.25, 0.3) is 5.91 Å². The van der Waals surface area contributed by atoms with Crippen molar-refractivity contribution in [2.75, 3.05) is 19.3 Å². The van der Waals surface area contributed by atoms with Crippen LogP contribution in [0, 0.1) is 0 Å². The Kier molecular flexibility index (Phi) is 3.69. The number of rotatable bonds is 3. The van der Waals surface area contributed by atoms with Gasteiger partial charge >= 0.3 is 6.18 Å². The van der Waals surface area contributed by atoms with Gasteiger partial charge in [-0.1, -0.05) is 0 Å². The number of halogens is 3. The van der Waals surface area contributed by atoms with Gasteiger partial charge in [-0.2, -0.15) is 13.2 Å². The summed E-state index contributed by atoms with van der Waals surface area (Å²) >= 11 is 0. The van der Waals surface area contributed by atoms with Crippen LogP contribution in [0.3, 0.4) is 0 Å². The summed E-state index contributed by atoms with van der Waals surface area (Å²) in [5, 5.41) is 0. The molecule has 17 heavy (non-hydrogen) atoms. The van der Waals surface area contributed by atoms with Crippen molar-refractivity contribution >= 4 is 11.6 Å². The highest BCUT2D eigenvalue weighted by Crippen LogP contribution is 2.20. The molecule has 0 unspecified atom stereocenters. The maximum absolute atomic E-state index is 12.0. The number of alkyl halides is 3. The maximum Gasteiger partial charge on any atom is 0.390 e. The fourth-order valence-electron chi connectivity index (χ4n) is 1.39. The first kappa shape index (κ1) is 13.4. The van der Waals surface area contributed by atoms with Crippen LogP contribution < -0.4 is 5.73 Å². The zero-order chi connectivity index (χ0) is 13.2. The van der Waals surface area contributed by atoms with Crippen LogP contribution in [0.25, 0.3) is 0 Å². The van der Waals surface area contributed by atoms with Gasteiger partial charge in [-0.25, -0.2) is 0 Å². The number of hydrogen-bond donors (Lipinski definition) is 1. The fraction of sp³-hybridized carbons (Fsp3) is 0.500. The van der Waals surface area contributed by atoms with E-state index in [1.54, 1.807) is 7.05 Å². The Morgan fingerprint density at radius 1 is 1.53 bits per heavy atom. The third-order valence-electron chi connectivity index (χ3n) is 2.32. The second kappa shape index (κ2) is 4.68. The molecule has 7 heteroatoms. The molecular formula is C10H14F3N3O. The number of hydrogen-bond acceptors (Lipinski definition) is 2. The van der Waals surface area contributed by atoms with E-state index < -0.39 is 18.5 Å². The van der Waals surface area contributed by atoms with Crippen molar-refractivity contribution < 1.29 is 18.0 Å². The van der Waals surface area contributed by atoms with Gasteiger partial charge in [0, 0.05) is 26.8 Å². The van der Waals surface area contributed by atoms with E-state index in [0.29, 0.717) is 5.69 Å². The minimum absolute atomic E-state index is 0.271. The Labute approximate surface area is 96.8 Å². The largest absolute Gasteiger partial charge is 0.397 e. The highest BCUT2D eigenvalue weighted by Gasteiger charge is 2.28. The minimum atomic E-state index is -4.26. The van der Waals surface area contributed by atoms with Crippen molar-refractivity contribution in [3.05, 3.63) is 18.0 Å². The molecule has 2 N–H and O–H groups in total. The Morgan fingerprint density at radius 3 is 2.53 bits per heavy atom. The first-order chi connectivity index (χ1) is 7.70. The van der Waals surface area contributed by atoms with Gasteiger partial charge in [0.05, 0.1) is 12.1 Å². The minimum Gasteiger partial charge on any atom is -0.397 e. The highest BCUT2D eigenvalue weighted by molar-refractivity contribution is 5.93. The van der Waals surface area contributed by atoms with E-state index in [1.807, 2.05) is 0 Å². The molecule has 1 amide bonds. The second-order valence-electron chi connectivity index (χ2n) is 3.86. The average molecular weight is 249 g/mol. The summed E-state index contributed by atoms with van der Waals surface area (Å²) < 4.78 is 37.5. The first-order valence-electron chi connectivity index (χ1n) is 4.95. The predicted molar refractivity (Wildman–Crippen MR) is 57.5 cm³/mol. The smallest absolute Gasteiger partial charge is 0.390 e. The molecular weight excluding hydrogens is 235 g/mol. The highest BCUT2D eigenvalue weighted by atomic mass is 19.4. The molecule has 0 aliphatic heterocycles. The number of amides is 1. The maximum atomic E-state index is 12.0. The van der Waals surface area contributed by atoms with E-state index in [9.17, 15) is 18.0 Å². The average Bonchev–Trinajstić information content (AvgIpc) is 2.52. The number of nitrogens with zero attached hydrogens (tertiary/aromatic N) is 2. The van der Waals surface area contributed by atoms with Crippen molar-refractivity contribution in [3.8, 4) is 0 Å². The van der Waals surface area contributed by atoms with E-state index in [1.165, 1.54) is 23.9 Å². The van der Waals surface area contributed by atoms with Crippen LogP contribution in [0.15, 0.2) is 12.3 Å². The van der Waals surface area contributed by atoms with Crippen LogP contribution >= 0.6 is 0 Å². The number of aromatic nitrogens is 1. The predicted octanol–water partition coefficient (Wildman–Crippen LogP) is 1.63. The zero-order valence-electron chi connectivity index (χ0n) is 9.58. The summed E-state index contributed by atoms with van der Waals surface area (Å²) in [5.41, 5.74) is 6.16.